The molecule has 2 rings (SSSR count). The Morgan fingerprint density at radius 1 is 0.960 bits per heavy atom. The summed E-state index contributed by atoms with van der Waals surface area (Å²) in [6, 6.07) is 7.02. The highest BCUT2D eigenvalue weighted by molar-refractivity contribution is 7.80. The van der Waals surface area contributed by atoms with Gasteiger partial charge in [0.05, 0.1) is 11.1 Å². The van der Waals surface area contributed by atoms with Crippen LogP contribution in [0.5, 0.6) is 0 Å². The smallest absolute Gasteiger partial charge is 0.316 e. The summed E-state index contributed by atoms with van der Waals surface area (Å²) in [6.45, 7) is 2.39. The van der Waals surface area contributed by atoms with E-state index in [9.17, 15) is 9.59 Å². The van der Waals surface area contributed by atoms with Gasteiger partial charge in [-0.15, -0.1) is 0 Å². The van der Waals surface area contributed by atoms with Gasteiger partial charge >= 0.3 is 10.4 Å². The van der Waals surface area contributed by atoms with E-state index < -0.39 is 10.4 Å². The van der Waals surface area contributed by atoms with E-state index in [4.69, 9.17) is 17.5 Å². The number of imide groups is 1. The quantitative estimate of drug-likeness (QED) is 0.228. The van der Waals surface area contributed by atoms with Crippen LogP contribution in [-0.4, -0.2) is 59.6 Å². The minimum Gasteiger partial charge on any atom is -0.316 e. The van der Waals surface area contributed by atoms with Crippen LogP contribution in [0.15, 0.2) is 24.3 Å². The molecule has 140 valence electrons. The maximum absolute atomic E-state index is 12.1. The second-order valence-corrected chi connectivity index (χ2v) is 6.63. The molecule has 0 atom stereocenters. The lowest BCUT2D eigenvalue weighted by Gasteiger charge is -2.13. The zero-order valence-corrected chi connectivity index (χ0v) is 15.3. The molecule has 1 aliphatic heterocycles. The molecule has 0 saturated carbocycles. The molecule has 0 bridgehead atoms. The van der Waals surface area contributed by atoms with Crippen LogP contribution in [0.2, 0.25) is 0 Å². The minimum atomic E-state index is -4.67. The third-order valence-corrected chi connectivity index (χ3v) is 3.63. The lowest BCUT2D eigenvalue weighted by Crippen LogP contribution is -2.30. The van der Waals surface area contributed by atoms with Crippen molar-refractivity contribution >= 4 is 34.8 Å². The van der Waals surface area contributed by atoms with Crippen LogP contribution in [0, 0.1) is 0 Å². The van der Waals surface area contributed by atoms with E-state index in [1.54, 1.807) is 24.3 Å². The zero-order valence-electron chi connectivity index (χ0n) is 13.6. The first kappa shape index (κ1) is 21.6. The summed E-state index contributed by atoms with van der Waals surface area (Å²) in [5.41, 5.74) is 1.07. The molecule has 25 heavy (non-hydrogen) atoms. The van der Waals surface area contributed by atoms with Gasteiger partial charge in [-0.25, -0.2) is 0 Å². The van der Waals surface area contributed by atoms with Gasteiger partial charge in [0.25, 0.3) is 11.8 Å². The number of carbonyl (C=O) groups excluding carboxylic acids is 2. The van der Waals surface area contributed by atoms with Gasteiger partial charge in [-0.05, 0) is 31.5 Å². The van der Waals surface area contributed by atoms with Crippen molar-refractivity contribution in [3.63, 3.8) is 0 Å². The van der Waals surface area contributed by atoms with Gasteiger partial charge in [-0.1, -0.05) is 18.6 Å². The van der Waals surface area contributed by atoms with Gasteiger partial charge in [0.1, 0.15) is 0 Å². The number of nitrogens with zero attached hydrogens (tertiary/aromatic N) is 1. The molecule has 1 aromatic carbocycles. The van der Waals surface area contributed by atoms with Crippen LogP contribution in [0.1, 0.15) is 40.0 Å². The van der Waals surface area contributed by atoms with E-state index in [0.717, 1.165) is 38.1 Å². The van der Waals surface area contributed by atoms with E-state index >= 15 is 0 Å². The average Bonchev–Trinajstić information content (AvgIpc) is 2.77. The topological polar surface area (TPSA) is 124 Å². The van der Waals surface area contributed by atoms with Crippen molar-refractivity contribution < 1.29 is 27.1 Å². The molecule has 2 amide bonds. The normalized spacial score (nSPS) is 13.5. The molecule has 1 aliphatic rings. The molecule has 0 radical (unpaired) electrons. The van der Waals surface area contributed by atoms with Crippen LogP contribution < -0.4 is 5.32 Å². The van der Waals surface area contributed by atoms with Gasteiger partial charge in [0.15, 0.2) is 0 Å². The summed E-state index contributed by atoms with van der Waals surface area (Å²) in [7, 11) is -4.67. The Balaban J connectivity index is 0.000000550. The Kier molecular flexibility index (Phi) is 9.08. The van der Waals surface area contributed by atoms with Crippen molar-refractivity contribution in [3.05, 3.63) is 35.4 Å². The van der Waals surface area contributed by atoms with E-state index in [0.29, 0.717) is 17.7 Å². The van der Waals surface area contributed by atoms with Crippen LogP contribution in [0.3, 0.4) is 0 Å². The third kappa shape index (κ3) is 7.97. The lowest BCUT2D eigenvalue weighted by atomic mass is 10.1. The SMILES string of the molecule is O=C1c2ccccc2C(=O)N1CCCCCNCCS.O=S(=O)(O)O. The van der Waals surface area contributed by atoms with E-state index in [-0.39, 0.29) is 11.8 Å². The van der Waals surface area contributed by atoms with Crippen LogP contribution in [0.4, 0.5) is 0 Å². The van der Waals surface area contributed by atoms with Crippen LogP contribution >= 0.6 is 12.6 Å². The minimum absolute atomic E-state index is 0.154. The Morgan fingerprint density at radius 3 is 1.96 bits per heavy atom. The predicted octanol–water partition coefficient (Wildman–Crippen LogP) is 1.32. The molecule has 8 nitrogen and oxygen atoms in total. The Bertz CT molecular complexity index is 650. The van der Waals surface area contributed by atoms with Crippen molar-refractivity contribution in [1.29, 1.82) is 0 Å². The molecule has 1 heterocycles. The number of unbranched alkanes of at least 4 members (excludes halogenated alkanes) is 2. The number of amides is 2. The number of rotatable bonds is 8. The fourth-order valence-corrected chi connectivity index (χ4v) is 2.50. The van der Waals surface area contributed by atoms with E-state index in [1.807, 2.05) is 0 Å². The van der Waals surface area contributed by atoms with Crippen molar-refractivity contribution in [1.82, 2.24) is 10.2 Å². The summed E-state index contributed by atoms with van der Waals surface area (Å²) in [4.78, 5) is 25.6. The summed E-state index contributed by atoms with van der Waals surface area (Å²) in [5, 5.41) is 3.27. The summed E-state index contributed by atoms with van der Waals surface area (Å²) in [6.07, 6.45) is 2.91. The second kappa shape index (κ2) is 10.5. The van der Waals surface area contributed by atoms with Gasteiger partial charge in [-0.2, -0.15) is 21.0 Å². The van der Waals surface area contributed by atoms with Gasteiger partial charge in [0.2, 0.25) is 0 Å². The second-order valence-electron chi connectivity index (χ2n) is 5.29. The van der Waals surface area contributed by atoms with Gasteiger partial charge in [-0.3, -0.25) is 23.6 Å². The Morgan fingerprint density at radius 2 is 1.48 bits per heavy atom. The van der Waals surface area contributed by atoms with Crippen molar-refractivity contribution in [2.75, 3.05) is 25.4 Å². The molecule has 1 aromatic rings. The maximum atomic E-state index is 12.1. The third-order valence-electron chi connectivity index (χ3n) is 3.40. The largest absolute Gasteiger partial charge is 0.394 e. The molecule has 0 unspecified atom stereocenters. The number of thiol groups is 1. The summed E-state index contributed by atoms with van der Waals surface area (Å²) < 4.78 is 31.6. The van der Waals surface area contributed by atoms with Gasteiger partial charge < -0.3 is 5.32 Å². The average molecular weight is 390 g/mol. The first-order chi connectivity index (χ1) is 11.8. The first-order valence-corrected chi connectivity index (χ1v) is 9.75. The zero-order chi connectivity index (χ0) is 18.9. The first-order valence-electron chi connectivity index (χ1n) is 7.72. The fourth-order valence-electron chi connectivity index (χ4n) is 2.34. The van der Waals surface area contributed by atoms with Crippen LogP contribution in [0.25, 0.3) is 0 Å². The molecule has 3 N–H and O–H groups in total. The van der Waals surface area contributed by atoms with Crippen molar-refractivity contribution in [3.8, 4) is 0 Å². The molecular formula is C15H22N2O6S2. The highest BCUT2D eigenvalue weighted by atomic mass is 32.3. The Hall–Kier alpha value is -1.46. The summed E-state index contributed by atoms with van der Waals surface area (Å²) in [5.74, 6) is 0.535. The highest BCUT2D eigenvalue weighted by Gasteiger charge is 2.34. The molecule has 0 spiro atoms. The monoisotopic (exact) mass is 390 g/mol. The number of fused-ring (bicyclic) bond motifs is 1. The molecule has 0 aliphatic carbocycles. The molecule has 0 aromatic heterocycles. The molecule has 0 saturated heterocycles. The predicted molar refractivity (Wildman–Crippen MR) is 96.6 cm³/mol. The van der Waals surface area contributed by atoms with Crippen molar-refractivity contribution in [2.24, 2.45) is 0 Å². The number of nitrogens with one attached hydrogen (secondary N) is 1. The highest BCUT2D eigenvalue weighted by Crippen LogP contribution is 2.22. The maximum Gasteiger partial charge on any atom is 0.394 e. The molecular weight excluding hydrogens is 368 g/mol. The lowest BCUT2D eigenvalue weighted by molar-refractivity contribution is 0.0651. The van der Waals surface area contributed by atoms with E-state index in [2.05, 4.69) is 17.9 Å². The van der Waals surface area contributed by atoms with Crippen LogP contribution in [-0.2, 0) is 10.4 Å². The fraction of sp³-hybridized carbons (Fsp3) is 0.467. The molecule has 0 fully saturated rings. The van der Waals surface area contributed by atoms with E-state index in [1.165, 1.54) is 4.90 Å². The number of carbonyl (C=O) groups is 2. The summed E-state index contributed by atoms with van der Waals surface area (Å²) >= 11 is 4.12. The molecule has 10 heteroatoms. The number of hydrogen-bond acceptors (Lipinski definition) is 6. The Labute approximate surface area is 152 Å². The van der Waals surface area contributed by atoms with Gasteiger partial charge in [0, 0.05) is 18.8 Å². The number of hydrogen-bond donors (Lipinski definition) is 4. The standard InChI is InChI=1S/C15H20N2O2S.H2O4S/c18-14-12-6-2-3-7-13(12)15(19)17(14)10-5-1-4-8-16-9-11-20;1-5(2,3)4/h2-3,6-7,16,20H,1,4-5,8-11H2;(H2,1,2,3,4). The van der Waals surface area contributed by atoms with Crippen molar-refractivity contribution in [2.45, 2.75) is 19.3 Å². The number of benzene rings is 1.